The predicted octanol–water partition coefficient (Wildman–Crippen LogP) is 1.37. The third-order valence-corrected chi connectivity index (χ3v) is 4.00. The van der Waals surface area contributed by atoms with E-state index in [2.05, 4.69) is 5.32 Å². The van der Waals surface area contributed by atoms with Gasteiger partial charge in [0, 0.05) is 30.8 Å². The van der Waals surface area contributed by atoms with Crippen molar-refractivity contribution in [2.45, 2.75) is 25.3 Å². The van der Waals surface area contributed by atoms with E-state index in [1.165, 1.54) is 0 Å². The maximum atomic E-state index is 12.9. The number of nitrogens with zero attached hydrogens (tertiary/aromatic N) is 1. The Labute approximate surface area is 135 Å². The highest BCUT2D eigenvalue weighted by Crippen LogP contribution is 2.26. The summed E-state index contributed by atoms with van der Waals surface area (Å²) >= 11 is 0. The molecule has 1 heterocycles. The third kappa shape index (κ3) is 4.28. The Morgan fingerprint density at radius 3 is 2.43 bits per heavy atom. The molecule has 1 saturated heterocycles. The zero-order valence-electron chi connectivity index (χ0n) is 13.5. The lowest BCUT2D eigenvalue weighted by molar-refractivity contribution is 0.0614. The molecule has 0 radical (unpaired) electrons. The van der Waals surface area contributed by atoms with E-state index in [1.807, 2.05) is 0 Å². The Hall–Kier alpha value is -2.44. The maximum absolute atomic E-state index is 12.9. The van der Waals surface area contributed by atoms with Crippen LogP contribution in [0.1, 0.15) is 29.6 Å². The second kappa shape index (κ2) is 7.71. The fourth-order valence-electron chi connectivity index (χ4n) is 2.80. The molecular weight excluding hydrogens is 298 g/mol. The zero-order chi connectivity index (χ0) is 16.8. The minimum atomic E-state index is -0.578. The number of amides is 3. The van der Waals surface area contributed by atoms with Gasteiger partial charge in [0.05, 0.1) is 14.2 Å². The number of hydrogen-bond acceptors (Lipinski definition) is 4. The standard InChI is InChI=1S/C16H23N3O4/c1-22-13-7-11(8-14(9-13)23-2)15(20)19-6-4-3-5-12(19)10-18-16(17)21/h7-9,12H,3-6,10H2,1-2H3,(H3,17,18,21)/t12-/m0/s1. The van der Waals surface area contributed by atoms with Crippen LogP contribution < -0.4 is 20.5 Å². The largest absolute Gasteiger partial charge is 0.497 e. The van der Waals surface area contributed by atoms with Gasteiger partial charge in [-0.3, -0.25) is 4.79 Å². The molecule has 1 aromatic carbocycles. The van der Waals surface area contributed by atoms with Gasteiger partial charge in [0.2, 0.25) is 0 Å². The molecule has 2 rings (SSSR count). The van der Waals surface area contributed by atoms with Gasteiger partial charge in [-0.05, 0) is 31.4 Å². The number of carbonyl (C=O) groups excluding carboxylic acids is 2. The summed E-state index contributed by atoms with van der Waals surface area (Å²) in [5.41, 5.74) is 5.64. The van der Waals surface area contributed by atoms with Crippen LogP contribution in [0.2, 0.25) is 0 Å². The Balaban J connectivity index is 2.20. The first-order valence-corrected chi connectivity index (χ1v) is 7.62. The molecule has 0 spiro atoms. The average Bonchev–Trinajstić information content (AvgIpc) is 2.58. The molecule has 1 aliphatic rings. The van der Waals surface area contributed by atoms with E-state index in [1.54, 1.807) is 37.3 Å². The quantitative estimate of drug-likeness (QED) is 0.856. The fourth-order valence-corrected chi connectivity index (χ4v) is 2.80. The number of likely N-dealkylation sites (tertiary alicyclic amines) is 1. The first kappa shape index (κ1) is 16.9. The smallest absolute Gasteiger partial charge is 0.312 e. The van der Waals surface area contributed by atoms with Gasteiger partial charge in [0.25, 0.3) is 5.91 Å². The van der Waals surface area contributed by atoms with Crippen molar-refractivity contribution in [2.75, 3.05) is 27.3 Å². The topological polar surface area (TPSA) is 93.9 Å². The summed E-state index contributed by atoms with van der Waals surface area (Å²) in [6, 6.07) is 4.47. The first-order valence-electron chi connectivity index (χ1n) is 7.62. The van der Waals surface area contributed by atoms with Crippen LogP contribution >= 0.6 is 0 Å². The van der Waals surface area contributed by atoms with Crippen LogP contribution in [0, 0.1) is 0 Å². The van der Waals surface area contributed by atoms with Crippen molar-refractivity contribution in [2.24, 2.45) is 5.73 Å². The van der Waals surface area contributed by atoms with Crippen molar-refractivity contribution < 1.29 is 19.1 Å². The van der Waals surface area contributed by atoms with Crippen molar-refractivity contribution in [1.82, 2.24) is 10.2 Å². The predicted molar refractivity (Wildman–Crippen MR) is 85.8 cm³/mol. The molecule has 0 bridgehead atoms. The molecule has 3 N–H and O–H groups in total. The van der Waals surface area contributed by atoms with Crippen molar-refractivity contribution >= 4 is 11.9 Å². The summed E-state index contributed by atoms with van der Waals surface area (Å²) in [5, 5.41) is 2.59. The van der Waals surface area contributed by atoms with Gasteiger partial charge < -0.3 is 25.4 Å². The number of piperidine rings is 1. The summed E-state index contributed by atoms with van der Waals surface area (Å²) in [6.45, 7) is 1.02. The normalized spacial score (nSPS) is 17.5. The number of hydrogen-bond donors (Lipinski definition) is 2. The number of urea groups is 1. The molecule has 1 aliphatic heterocycles. The van der Waals surface area contributed by atoms with Crippen LogP contribution in [0.4, 0.5) is 4.79 Å². The summed E-state index contributed by atoms with van der Waals surface area (Å²) < 4.78 is 10.4. The van der Waals surface area contributed by atoms with Crippen molar-refractivity contribution in [1.29, 1.82) is 0 Å². The van der Waals surface area contributed by atoms with Crippen molar-refractivity contribution in [3.8, 4) is 11.5 Å². The maximum Gasteiger partial charge on any atom is 0.312 e. The number of nitrogens with two attached hydrogens (primary N) is 1. The lowest BCUT2D eigenvalue weighted by Gasteiger charge is -2.36. The van der Waals surface area contributed by atoms with Crippen molar-refractivity contribution in [3.63, 3.8) is 0 Å². The number of ether oxygens (including phenoxy) is 2. The van der Waals surface area contributed by atoms with Crippen LogP contribution in [0.3, 0.4) is 0 Å². The highest BCUT2D eigenvalue weighted by Gasteiger charge is 2.28. The molecule has 0 saturated carbocycles. The molecular formula is C16H23N3O4. The molecule has 3 amide bonds. The van der Waals surface area contributed by atoms with Gasteiger partial charge in [-0.1, -0.05) is 0 Å². The van der Waals surface area contributed by atoms with E-state index in [0.717, 1.165) is 19.3 Å². The lowest BCUT2D eigenvalue weighted by atomic mass is 10.0. The van der Waals surface area contributed by atoms with E-state index in [9.17, 15) is 9.59 Å². The van der Waals surface area contributed by atoms with E-state index in [0.29, 0.717) is 30.2 Å². The summed E-state index contributed by atoms with van der Waals surface area (Å²) in [4.78, 5) is 25.6. The van der Waals surface area contributed by atoms with Gasteiger partial charge in [-0.25, -0.2) is 4.79 Å². The van der Waals surface area contributed by atoms with Gasteiger partial charge in [-0.2, -0.15) is 0 Å². The molecule has 1 atom stereocenters. The number of benzene rings is 1. The van der Waals surface area contributed by atoms with Gasteiger partial charge >= 0.3 is 6.03 Å². The fraction of sp³-hybridized carbons (Fsp3) is 0.500. The molecule has 0 aromatic heterocycles. The highest BCUT2D eigenvalue weighted by molar-refractivity contribution is 5.95. The molecule has 1 fully saturated rings. The number of nitrogens with one attached hydrogen (secondary N) is 1. The van der Waals surface area contributed by atoms with Gasteiger partial charge in [0.1, 0.15) is 11.5 Å². The zero-order valence-corrected chi connectivity index (χ0v) is 13.5. The van der Waals surface area contributed by atoms with Gasteiger partial charge in [-0.15, -0.1) is 0 Å². The monoisotopic (exact) mass is 321 g/mol. The first-order chi connectivity index (χ1) is 11.0. The Bertz CT molecular complexity index is 554. The lowest BCUT2D eigenvalue weighted by Crippen LogP contribution is -2.50. The van der Waals surface area contributed by atoms with E-state index in [-0.39, 0.29) is 11.9 Å². The SMILES string of the molecule is COc1cc(OC)cc(C(=O)N2CCCC[C@H]2CNC(N)=O)c1. The van der Waals surface area contributed by atoms with Crippen molar-refractivity contribution in [3.05, 3.63) is 23.8 Å². The molecule has 7 nitrogen and oxygen atoms in total. The summed E-state index contributed by atoms with van der Waals surface area (Å²) in [5.74, 6) is 1.03. The Kier molecular flexibility index (Phi) is 5.67. The average molecular weight is 321 g/mol. The molecule has 7 heteroatoms. The minimum Gasteiger partial charge on any atom is -0.497 e. The molecule has 0 unspecified atom stereocenters. The number of methoxy groups -OCH3 is 2. The number of rotatable bonds is 5. The van der Waals surface area contributed by atoms with Crippen LogP contribution in [0.25, 0.3) is 0 Å². The van der Waals surface area contributed by atoms with Crippen LogP contribution in [-0.4, -0.2) is 50.2 Å². The highest BCUT2D eigenvalue weighted by atomic mass is 16.5. The van der Waals surface area contributed by atoms with E-state index in [4.69, 9.17) is 15.2 Å². The van der Waals surface area contributed by atoms with E-state index >= 15 is 0 Å². The number of carbonyl (C=O) groups is 2. The Morgan fingerprint density at radius 2 is 1.87 bits per heavy atom. The second-order valence-corrected chi connectivity index (χ2v) is 5.49. The van der Waals surface area contributed by atoms with Gasteiger partial charge in [0.15, 0.2) is 0 Å². The van der Waals surface area contributed by atoms with Crippen LogP contribution in [-0.2, 0) is 0 Å². The molecule has 126 valence electrons. The van der Waals surface area contributed by atoms with Crippen LogP contribution in [0.15, 0.2) is 18.2 Å². The van der Waals surface area contributed by atoms with E-state index < -0.39 is 6.03 Å². The number of primary amides is 1. The third-order valence-electron chi connectivity index (χ3n) is 4.00. The second-order valence-electron chi connectivity index (χ2n) is 5.49. The summed E-state index contributed by atoms with van der Waals surface area (Å²) in [6.07, 6.45) is 2.81. The van der Waals surface area contributed by atoms with Crippen LogP contribution in [0.5, 0.6) is 11.5 Å². The minimum absolute atomic E-state index is 0.0547. The molecule has 1 aromatic rings. The summed E-state index contributed by atoms with van der Waals surface area (Å²) in [7, 11) is 3.09. The Morgan fingerprint density at radius 1 is 1.22 bits per heavy atom. The molecule has 23 heavy (non-hydrogen) atoms. The molecule has 0 aliphatic carbocycles.